The maximum absolute atomic E-state index is 13.5. The Bertz CT molecular complexity index is 769. The predicted molar refractivity (Wildman–Crippen MR) is 90.1 cm³/mol. The summed E-state index contributed by atoms with van der Waals surface area (Å²) in [4.78, 5) is 23.6. The minimum absolute atomic E-state index is 0.0276. The van der Waals surface area contributed by atoms with Gasteiger partial charge in [-0.05, 0) is 25.5 Å². The lowest BCUT2D eigenvalue weighted by Gasteiger charge is -2.14. The average molecular weight is 393 g/mol. The molecule has 0 saturated carbocycles. The summed E-state index contributed by atoms with van der Waals surface area (Å²) >= 11 is 1.16. The van der Waals surface area contributed by atoms with Crippen molar-refractivity contribution in [2.24, 2.45) is 0 Å². The molecular weight excluding hydrogens is 376 g/mol. The predicted octanol–water partition coefficient (Wildman–Crippen LogP) is 1.76. The molecule has 0 spiro atoms. The number of amides is 1. The number of halogens is 2. The van der Waals surface area contributed by atoms with Gasteiger partial charge in [0.1, 0.15) is 11.6 Å². The number of nitrogens with one attached hydrogen (secondary N) is 1. The van der Waals surface area contributed by atoms with Gasteiger partial charge in [-0.1, -0.05) is 0 Å². The molecule has 0 radical (unpaired) electrons. The lowest BCUT2D eigenvalue weighted by atomic mass is 10.2. The Morgan fingerprint density at radius 3 is 2.76 bits per heavy atom. The number of thioether (sulfide) groups is 1. The van der Waals surface area contributed by atoms with Gasteiger partial charge >= 0.3 is 5.97 Å². The molecule has 2 atom stereocenters. The largest absolute Gasteiger partial charge is 0.452 e. The van der Waals surface area contributed by atoms with Crippen molar-refractivity contribution < 1.29 is 31.5 Å². The van der Waals surface area contributed by atoms with E-state index in [9.17, 15) is 26.8 Å². The molecule has 1 aromatic rings. The van der Waals surface area contributed by atoms with E-state index >= 15 is 0 Å². The first-order valence-corrected chi connectivity index (χ1v) is 10.3. The van der Waals surface area contributed by atoms with Crippen LogP contribution >= 0.6 is 11.8 Å². The van der Waals surface area contributed by atoms with Crippen molar-refractivity contribution >= 4 is 39.2 Å². The van der Waals surface area contributed by atoms with E-state index in [4.69, 9.17) is 4.74 Å². The Hall–Kier alpha value is -1.68. The highest BCUT2D eigenvalue weighted by Crippen LogP contribution is 2.24. The molecule has 1 amide bonds. The van der Waals surface area contributed by atoms with Gasteiger partial charge in [-0.15, -0.1) is 11.8 Å². The van der Waals surface area contributed by atoms with Crippen molar-refractivity contribution in [1.82, 2.24) is 0 Å². The van der Waals surface area contributed by atoms with Crippen LogP contribution in [0.2, 0.25) is 0 Å². The summed E-state index contributed by atoms with van der Waals surface area (Å²) in [6.07, 6.45) is -0.724. The highest BCUT2D eigenvalue weighted by Gasteiger charge is 2.29. The average Bonchev–Trinajstić information content (AvgIpc) is 2.88. The molecule has 25 heavy (non-hydrogen) atoms. The number of benzene rings is 1. The van der Waals surface area contributed by atoms with Crippen LogP contribution in [-0.2, 0) is 24.2 Å². The number of anilines is 1. The third-order valence-electron chi connectivity index (χ3n) is 3.49. The van der Waals surface area contributed by atoms with Crippen LogP contribution in [0.3, 0.4) is 0 Å². The van der Waals surface area contributed by atoms with Crippen LogP contribution < -0.4 is 5.32 Å². The number of rotatable bonds is 6. The molecule has 1 N–H and O–H groups in total. The number of ether oxygens (including phenoxy) is 1. The van der Waals surface area contributed by atoms with Crippen molar-refractivity contribution in [2.75, 3.05) is 22.6 Å². The number of hydrogen-bond donors (Lipinski definition) is 1. The van der Waals surface area contributed by atoms with Gasteiger partial charge in [-0.2, -0.15) is 0 Å². The number of carbonyl (C=O) groups is 2. The first-order chi connectivity index (χ1) is 11.7. The van der Waals surface area contributed by atoms with Gasteiger partial charge in [0, 0.05) is 11.3 Å². The summed E-state index contributed by atoms with van der Waals surface area (Å²) in [6, 6.07) is 2.60. The normalized spacial score (nSPS) is 20.0. The second-order valence-corrected chi connectivity index (χ2v) is 9.10. The fourth-order valence-electron chi connectivity index (χ4n) is 2.19. The molecule has 6 nitrogen and oxygen atoms in total. The fourth-order valence-corrected chi connectivity index (χ4v) is 5.61. The molecule has 1 aliphatic rings. The molecular formula is C15H17F2NO5S2. The molecule has 0 unspecified atom stereocenters. The van der Waals surface area contributed by atoms with E-state index in [-0.39, 0.29) is 28.2 Å². The number of sulfone groups is 1. The smallest absolute Gasteiger partial charge is 0.316 e. The van der Waals surface area contributed by atoms with Crippen LogP contribution in [-0.4, -0.2) is 48.9 Å². The lowest BCUT2D eigenvalue weighted by molar-refractivity contribution is -0.150. The van der Waals surface area contributed by atoms with E-state index in [2.05, 4.69) is 5.32 Å². The Morgan fingerprint density at radius 2 is 2.12 bits per heavy atom. The van der Waals surface area contributed by atoms with Gasteiger partial charge in [-0.25, -0.2) is 17.2 Å². The van der Waals surface area contributed by atoms with Crippen LogP contribution in [0.25, 0.3) is 0 Å². The van der Waals surface area contributed by atoms with E-state index < -0.39 is 39.5 Å². The van der Waals surface area contributed by atoms with Gasteiger partial charge in [-0.3, -0.25) is 9.59 Å². The molecule has 2 rings (SSSR count). The van der Waals surface area contributed by atoms with Crippen LogP contribution in [0.5, 0.6) is 0 Å². The van der Waals surface area contributed by atoms with Crippen molar-refractivity contribution in [3.8, 4) is 0 Å². The second kappa shape index (κ2) is 8.13. The number of esters is 1. The van der Waals surface area contributed by atoms with Crippen LogP contribution in [0.1, 0.15) is 13.3 Å². The van der Waals surface area contributed by atoms with Crippen LogP contribution in [0, 0.1) is 11.6 Å². The Balaban J connectivity index is 1.80. The van der Waals surface area contributed by atoms with Gasteiger partial charge in [0.15, 0.2) is 15.9 Å². The standard InChI is InChI=1S/C15H17F2NO5S2/c1-9(15(20)18-13-6-10(16)2-3-12(13)17)23-14(19)7-24-11-4-5-25(21,22)8-11/h2-3,6,9,11H,4-5,7-8H2,1H3,(H,18,20)/t9-,11-/m0/s1. The quantitative estimate of drug-likeness (QED) is 0.741. The minimum Gasteiger partial charge on any atom is -0.452 e. The summed E-state index contributed by atoms with van der Waals surface area (Å²) in [7, 11) is -3.03. The van der Waals surface area contributed by atoms with E-state index in [0.717, 1.165) is 30.0 Å². The van der Waals surface area contributed by atoms with Gasteiger partial charge < -0.3 is 10.1 Å². The molecule has 10 heteroatoms. The van der Waals surface area contributed by atoms with Crippen molar-refractivity contribution in [2.45, 2.75) is 24.7 Å². The molecule has 0 aromatic heterocycles. The lowest BCUT2D eigenvalue weighted by Crippen LogP contribution is -2.31. The topological polar surface area (TPSA) is 89.5 Å². The maximum atomic E-state index is 13.5. The zero-order chi connectivity index (χ0) is 18.6. The SMILES string of the molecule is C[C@H](OC(=O)CS[C@H]1CCS(=O)(=O)C1)C(=O)Nc1cc(F)ccc1F. The third kappa shape index (κ3) is 5.96. The van der Waals surface area contributed by atoms with E-state index in [1.54, 1.807) is 0 Å². The monoisotopic (exact) mass is 393 g/mol. The van der Waals surface area contributed by atoms with Gasteiger partial charge in [0.2, 0.25) is 0 Å². The first kappa shape index (κ1) is 19.6. The Morgan fingerprint density at radius 1 is 1.40 bits per heavy atom. The van der Waals surface area contributed by atoms with Crippen LogP contribution in [0.15, 0.2) is 18.2 Å². The Kier molecular flexibility index (Phi) is 6.39. The highest BCUT2D eigenvalue weighted by atomic mass is 32.2. The van der Waals surface area contributed by atoms with Crippen molar-refractivity contribution in [1.29, 1.82) is 0 Å². The highest BCUT2D eigenvalue weighted by molar-refractivity contribution is 8.02. The summed E-state index contributed by atoms with van der Waals surface area (Å²) < 4.78 is 54.1. The summed E-state index contributed by atoms with van der Waals surface area (Å²) in [5.41, 5.74) is -0.349. The molecule has 1 fully saturated rings. The minimum atomic E-state index is -3.03. The van der Waals surface area contributed by atoms with E-state index in [0.29, 0.717) is 6.42 Å². The van der Waals surface area contributed by atoms with Crippen molar-refractivity contribution in [3.63, 3.8) is 0 Å². The molecule has 138 valence electrons. The second-order valence-electron chi connectivity index (χ2n) is 5.58. The zero-order valence-electron chi connectivity index (χ0n) is 13.3. The number of carbonyl (C=O) groups excluding carboxylic acids is 2. The van der Waals surface area contributed by atoms with Crippen molar-refractivity contribution in [3.05, 3.63) is 29.8 Å². The summed E-state index contributed by atoms with van der Waals surface area (Å²) in [5.74, 6) is -2.97. The zero-order valence-corrected chi connectivity index (χ0v) is 15.0. The molecule has 0 aliphatic carbocycles. The first-order valence-electron chi connectivity index (χ1n) is 7.44. The Labute approximate surface area is 148 Å². The summed E-state index contributed by atoms with van der Waals surface area (Å²) in [6.45, 7) is 1.30. The molecule has 0 bridgehead atoms. The number of hydrogen-bond acceptors (Lipinski definition) is 6. The molecule has 1 saturated heterocycles. The van der Waals surface area contributed by atoms with Gasteiger partial charge in [0.25, 0.3) is 5.91 Å². The maximum Gasteiger partial charge on any atom is 0.316 e. The molecule has 1 heterocycles. The van der Waals surface area contributed by atoms with E-state index in [1.807, 2.05) is 0 Å². The molecule has 1 aliphatic heterocycles. The fraction of sp³-hybridized carbons (Fsp3) is 0.467. The molecule has 1 aromatic carbocycles. The van der Waals surface area contributed by atoms with E-state index in [1.165, 1.54) is 6.92 Å². The van der Waals surface area contributed by atoms with Gasteiger partial charge in [0.05, 0.1) is 22.9 Å². The third-order valence-corrected chi connectivity index (χ3v) is 6.75. The summed E-state index contributed by atoms with van der Waals surface area (Å²) in [5, 5.41) is 1.98. The van der Waals surface area contributed by atoms with Crippen LogP contribution in [0.4, 0.5) is 14.5 Å².